The smallest absolute Gasteiger partial charge is 0.140 e. The Morgan fingerprint density at radius 2 is 2.20 bits per heavy atom. The first kappa shape index (κ1) is 14.5. The summed E-state index contributed by atoms with van der Waals surface area (Å²) in [7, 11) is 0. The second-order valence-electron chi connectivity index (χ2n) is 5.01. The largest absolute Gasteiger partial charge is 0.486 e. The van der Waals surface area contributed by atoms with Crippen LogP contribution < -0.4 is 4.74 Å². The molecule has 1 heterocycles. The normalized spacial score (nSPS) is 10.6. The van der Waals surface area contributed by atoms with Crippen LogP contribution in [0.25, 0.3) is 0 Å². The number of aryl methyl sites for hydroxylation is 1. The lowest BCUT2D eigenvalue weighted by Gasteiger charge is -2.04. The van der Waals surface area contributed by atoms with Gasteiger partial charge in [0.25, 0.3) is 0 Å². The molecule has 0 amide bonds. The van der Waals surface area contributed by atoms with Crippen molar-refractivity contribution in [1.29, 1.82) is 5.26 Å². The highest BCUT2D eigenvalue weighted by Crippen LogP contribution is 2.26. The third-order valence-corrected chi connectivity index (χ3v) is 3.95. The molecule has 0 aliphatic heterocycles. The third kappa shape index (κ3) is 3.58. The summed E-state index contributed by atoms with van der Waals surface area (Å²) in [5.41, 5.74) is 2.20. The Balaban J connectivity index is 2.10. The molecule has 4 heteroatoms. The van der Waals surface area contributed by atoms with Crippen LogP contribution in [0.1, 0.15) is 40.9 Å². The highest BCUT2D eigenvalue weighted by atomic mass is 32.1. The number of aromatic nitrogens is 1. The molecule has 3 nitrogen and oxygen atoms in total. The average Bonchev–Trinajstić information content (AvgIpc) is 2.80. The molecule has 0 aliphatic rings. The number of ether oxygens (including phenoxy) is 1. The van der Waals surface area contributed by atoms with E-state index in [4.69, 9.17) is 10.00 Å². The number of rotatable bonds is 5. The third-order valence-electron chi connectivity index (χ3n) is 2.91. The van der Waals surface area contributed by atoms with Gasteiger partial charge in [0.2, 0.25) is 0 Å². The van der Waals surface area contributed by atoms with Crippen LogP contribution in [0.4, 0.5) is 0 Å². The molecule has 0 radical (unpaired) electrons. The van der Waals surface area contributed by atoms with Crippen molar-refractivity contribution in [3.63, 3.8) is 0 Å². The number of nitrogens with zero attached hydrogens (tertiary/aromatic N) is 2. The van der Waals surface area contributed by atoms with E-state index in [0.717, 1.165) is 21.3 Å². The quantitative estimate of drug-likeness (QED) is 0.826. The highest BCUT2D eigenvalue weighted by Gasteiger charge is 2.14. The van der Waals surface area contributed by atoms with Crippen LogP contribution in [0.3, 0.4) is 0 Å². The van der Waals surface area contributed by atoms with Gasteiger partial charge in [0.15, 0.2) is 0 Å². The molecule has 2 aromatic rings. The predicted octanol–water partition coefficient (Wildman–Crippen LogP) is 4.22. The van der Waals surface area contributed by atoms with Gasteiger partial charge in [-0.05, 0) is 30.5 Å². The Labute approximate surface area is 123 Å². The van der Waals surface area contributed by atoms with Crippen LogP contribution in [0.5, 0.6) is 5.75 Å². The van der Waals surface area contributed by atoms with Gasteiger partial charge in [-0.15, -0.1) is 11.3 Å². The van der Waals surface area contributed by atoms with Gasteiger partial charge in [-0.3, -0.25) is 0 Å². The molecule has 20 heavy (non-hydrogen) atoms. The second kappa shape index (κ2) is 6.53. The maximum Gasteiger partial charge on any atom is 0.140 e. The maximum atomic E-state index is 8.87. The molecule has 1 aromatic heterocycles. The summed E-state index contributed by atoms with van der Waals surface area (Å²) in [6.07, 6.45) is 0.426. The summed E-state index contributed by atoms with van der Waals surface area (Å²) in [6.45, 7) is 6.69. The molecule has 0 saturated carbocycles. The van der Waals surface area contributed by atoms with Gasteiger partial charge in [-0.2, -0.15) is 5.26 Å². The Hall–Kier alpha value is -1.86. The van der Waals surface area contributed by atoms with Crippen molar-refractivity contribution in [1.82, 2.24) is 4.98 Å². The topological polar surface area (TPSA) is 45.9 Å². The van der Waals surface area contributed by atoms with Crippen molar-refractivity contribution in [3.05, 3.63) is 45.4 Å². The van der Waals surface area contributed by atoms with Crippen molar-refractivity contribution in [3.8, 4) is 11.8 Å². The van der Waals surface area contributed by atoms with E-state index in [0.29, 0.717) is 18.9 Å². The Bertz CT molecular complexity index is 626. The number of hydrogen-bond acceptors (Lipinski definition) is 4. The summed E-state index contributed by atoms with van der Waals surface area (Å²) in [4.78, 5) is 5.67. The van der Waals surface area contributed by atoms with Crippen molar-refractivity contribution < 1.29 is 4.74 Å². The first-order valence-electron chi connectivity index (χ1n) is 6.65. The van der Waals surface area contributed by atoms with E-state index in [1.54, 1.807) is 11.3 Å². The van der Waals surface area contributed by atoms with E-state index in [-0.39, 0.29) is 0 Å². The van der Waals surface area contributed by atoms with E-state index < -0.39 is 0 Å². The number of benzene rings is 1. The second-order valence-corrected chi connectivity index (χ2v) is 6.18. The number of thiazole rings is 1. The van der Waals surface area contributed by atoms with E-state index >= 15 is 0 Å². The SMILES string of the molecule is Cc1cccc(OCc2nc(C(C)C)c(CC#N)s2)c1. The Kier molecular flexibility index (Phi) is 4.75. The lowest BCUT2D eigenvalue weighted by atomic mass is 10.1. The van der Waals surface area contributed by atoms with E-state index in [9.17, 15) is 0 Å². The molecule has 0 atom stereocenters. The fraction of sp³-hybridized carbons (Fsp3) is 0.375. The highest BCUT2D eigenvalue weighted by molar-refractivity contribution is 7.11. The van der Waals surface area contributed by atoms with Gasteiger partial charge in [0, 0.05) is 4.88 Å². The van der Waals surface area contributed by atoms with Crippen LogP contribution in [0, 0.1) is 18.3 Å². The Morgan fingerprint density at radius 3 is 2.85 bits per heavy atom. The van der Waals surface area contributed by atoms with Gasteiger partial charge in [0.05, 0.1) is 18.2 Å². The van der Waals surface area contributed by atoms with Gasteiger partial charge in [-0.1, -0.05) is 26.0 Å². The Morgan fingerprint density at radius 1 is 1.40 bits per heavy atom. The molecule has 0 bridgehead atoms. The lowest BCUT2D eigenvalue weighted by molar-refractivity contribution is 0.305. The zero-order valence-corrected chi connectivity index (χ0v) is 12.8. The predicted molar refractivity (Wildman–Crippen MR) is 81.0 cm³/mol. The van der Waals surface area contributed by atoms with Crippen molar-refractivity contribution in [2.75, 3.05) is 0 Å². The zero-order chi connectivity index (χ0) is 14.5. The summed E-state index contributed by atoms with van der Waals surface area (Å²) in [6, 6.07) is 10.2. The van der Waals surface area contributed by atoms with Crippen LogP contribution in [0.2, 0.25) is 0 Å². The molecule has 0 unspecified atom stereocenters. The molecule has 0 saturated heterocycles. The fourth-order valence-electron chi connectivity index (χ4n) is 1.98. The van der Waals surface area contributed by atoms with Gasteiger partial charge in [-0.25, -0.2) is 4.98 Å². The zero-order valence-electron chi connectivity index (χ0n) is 12.0. The van der Waals surface area contributed by atoms with Crippen LogP contribution in [-0.2, 0) is 13.0 Å². The van der Waals surface area contributed by atoms with Crippen molar-refractivity contribution >= 4 is 11.3 Å². The van der Waals surface area contributed by atoms with Crippen LogP contribution in [0.15, 0.2) is 24.3 Å². The monoisotopic (exact) mass is 286 g/mol. The van der Waals surface area contributed by atoms with Crippen LogP contribution >= 0.6 is 11.3 Å². The standard InChI is InChI=1S/C16H18N2OS/c1-11(2)16-14(7-8-17)20-15(18-16)10-19-13-6-4-5-12(3)9-13/h4-6,9,11H,7,10H2,1-3H3. The van der Waals surface area contributed by atoms with Crippen molar-refractivity contribution in [2.24, 2.45) is 0 Å². The molecule has 0 aliphatic carbocycles. The molecule has 0 N–H and O–H groups in total. The van der Waals surface area contributed by atoms with E-state index in [1.807, 2.05) is 31.2 Å². The van der Waals surface area contributed by atoms with Crippen LogP contribution in [-0.4, -0.2) is 4.98 Å². The van der Waals surface area contributed by atoms with E-state index in [2.05, 4.69) is 24.9 Å². The van der Waals surface area contributed by atoms with Gasteiger partial charge in [0.1, 0.15) is 17.4 Å². The van der Waals surface area contributed by atoms with Crippen molar-refractivity contribution in [2.45, 2.75) is 39.7 Å². The van der Waals surface area contributed by atoms with E-state index in [1.165, 1.54) is 5.56 Å². The summed E-state index contributed by atoms with van der Waals surface area (Å²) < 4.78 is 5.76. The molecule has 1 aromatic carbocycles. The first-order chi connectivity index (χ1) is 9.60. The van der Waals surface area contributed by atoms with Gasteiger partial charge >= 0.3 is 0 Å². The molecular formula is C16H18N2OS. The van der Waals surface area contributed by atoms with Gasteiger partial charge < -0.3 is 4.74 Å². The number of hydrogen-bond donors (Lipinski definition) is 0. The summed E-state index contributed by atoms with van der Waals surface area (Å²) in [5, 5.41) is 9.80. The molecular weight excluding hydrogens is 268 g/mol. The molecule has 2 rings (SSSR count). The summed E-state index contributed by atoms with van der Waals surface area (Å²) in [5.74, 6) is 1.19. The molecule has 0 fully saturated rings. The minimum atomic E-state index is 0.335. The minimum absolute atomic E-state index is 0.335. The summed E-state index contributed by atoms with van der Waals surface area (Å²) >= 11 is 1.58. The molecule has 0 spiro atoms. The minimum Gasteiger partial charge on any atom is -0.486 e. The number of nitriles is 1. The maximum absolute atomic E-state index is 8.87. The fourth-order valence-corrected chi connectivity index (χ4v) is 3.04. The average molecular weight is 286 g/mol. The lowest BCUT2D eigenvalue weighted by Crippen LogP contribution is -1.97. The first-order valence-corrected chi connectivity index (χ1v) is 7.46. The molecule has 104 valence electrons.